The van der Waals surface area contributed by atoms with Crippen molar-refractivity contribution in [1.29, 1.82) is 0 Å². The standard InChI is InChI=1S/C13H14Br2IN3/c1-3-17-12(13-10(15)7-18-19(13)2)9-6-8(14)4-5-11(9)16/h4-7,12,17H,3H2,1-2H3. The zero-order chi connectivity index (χ0) is 14.0. The van der Waals surface area contributed by atoms with Crippen LogP contribution >= 0.6 is 54.5 Å². The first-order chi connectivity index (χ1) is 9.04. The first-order valence-corrected chi connectivity index (χ1v) is 8.56. The fourth-order valence-corrected chi connectivity index (χ4v) is 3.64. The van der Waals surface area contributed by atoms with Crippen molar-refractivity contribution >= 4 is 54.5 Å². The molecule has 6 heteroatoms. The fraction of sp³-hybridized carbons (Fsp3) is 0.308. The predicted molar refractivity (Wildman–Crippen MR) is 93.3 cm³/mol. The van der Waals surface area contributed by atoms with Crippen molar-refractivity contribution < 1.29 is 0 Å². The van der Waals surface area contributed by atoms with Crippen LogP contribution in [0.4, 0.5) is 0 Å². The zero-order valence-corrected chi connectivity index (χ0v) is 16.0. The highest BCUT2D eigenvalue weighted by Crippen LogP contribution is 2.32. The molecule has 1 heterocycles. The van der Waals surface area contributed by atoms with Gasteiger partial charge in [-0.25, -0.2) is 0 Å². The fourth-order valence-electron chi connectivity index (χ4n) is 2.04. The van der Waals surface area contributed by atoms with Gasteiger partial charge in [0.25, 0.3) is 0 Å². The number of nitrogens with zero attached hydrogens (tertiary/aromatic N) is 2. The molecule has 19 heavy (non-hydrogen) atoms. The van der Waals surface area contributed by atoms with Crippen molar-refractivity contribution in [3.05, 3.63) is 48.2 Å². The molecule has 1 unspecified atom stereocenters. The maximum Gasteiger partial charge on any atom is 0.0770 e. The molecule has 1 N–H and O–H groups in total. The summed E-state index contributed by atoms with van der Waals surface area (Å²) in [6, 6.07) is 6.46. The highest BCUT2D eigenvalue weighted by atomic mass is 127. The van der Waals surface area contributed by atoms with E-state index in [1.54, 1.807) is 0 Å². The molecule has 1 aromatic carbocycles. The second-order valence-corrected chi connectivity index (χ2v) is 7.09. The van der Waals surface area contributed by atoms with Crippen molar-refractivity contribution in [1.82, 2.24) is 15.1 Å². The highest BCUT2D eigenvalue weighted by Gasteiger charge is 2.22. The number of halogens is 3. The Labute approximate surface area is 143 Å². The molecule has 1 atom stereocenters. The lowest BCUT2D eigenvalue weighted by Gasteiger charge is -2.21. The number of aromatic nitrogens is 2. The Morgan fingerprint density at radius 2 is 2.16 bits per heavy atom. The molecule has 0 saturated carbocycles. The monoisotopic (exact) mass is 497 g/mol. The summed E-state index contributed by atoms with van der Waals surface area (Å²) >= 11 is 9.52. The number of rotatable bonds is 4. The minimum Gasteiger partial charge on any atom is -0.305 e. The van der Waals surface area contributed by atoms with Crippen LogP contribution in [-0.4, -0.2) is 16.3 Å². The van der Waals surface area contributed by atoms with Gasteiger partial charge in [0.15, 0.2) is 0 Å². The van der Waals surface area contributed by atoms with E-state index < -0.39 is 0 Å². The molecule has 0 radical (unpaired) electrons. The maximum absolute atomic E-state index is 4.31. The molecule has 0 spiro atoms. The number of aryl methyl sites for hydroxylation is 1. The first kappa shape index (κ1) is 15.5. The lowest BCUT2D eigenvalue weighted by atomic mass is 10.0. The normalized spacial score (nSPS) is 12.7. The molecule has 2 rings (SSSR count). The van der Waals surface area contributed by atoms with Gasteiger partial charge >= 0.3 is 0 Å². The molecule has 0 aliphatic heterocycles. The molecule has 1 aromatic heterocycles. The average molecular weight is 499 g/mol. The number of hydrogen-bond acceptors (Lipinski definition) is 2. The Bertz CT molecular complexity index is 564. The summed E-state index contributed by atoms with van der Waals surface area (Å²) < 4.78 is 5.26. The summed E-state index contributed by atoms with van der Waals surface area (Å²) in [5, 5.41) is 7.85. The summed E-state index contributed by atoms with van der Waals surface area (Å²) in [5.41, 5.74) is 2.39. The summed E-state index contributed by atoms with van der Waals surface area (Å²) in [6.07, 6.45) is 1.84. The Morgan fingerprint density at radius 1 is 1.42 bits per heavy atom. The second kappa shape index (κ2) is 6.69. The largest absolute Gasteiger partial charge is 0.305 e. The molecule has 0 fully saturated rings. The van der Waals surface area contributed by atoms with Crippen LogP contribution in [0, 0.1) is 3.57 Å². The van der Waals surface area contributed by atoms with Gasteiger partial charge in [-0.1, -0.05) is 22.9 Å². The molecule has 0 bridgehead atoms. The van der Waals surface area contributed by atoms with Crippen molar-refractivity contribution in [3.63, 3.8) is 0 Å². The van der Waals surface area contributed by atoms with E-state index in [0.717, 1.165) is 21.2 Å². The van der Waals surface area contributed by atoms with Crippen LogP contribution in [0.3, 0.4) is 0 Å². The Hall–Kier alpha value is 0.0800. The SMILES string of the molecule is CCNC(c1cc(Br)ccc1I)c1c(Br)cnn1C. The average Bonchev–Trinajstić information content (AvgIpc) is 2.70. The molecule has 2 aromatic rings. The van der Waals surface area contributed by atoms with Crippen LogP contribution in [0.1, 0.15) is 24.2 Å². The molecule has 0 aliphatic carbocycles. The second-order valence-electron chi connectivity index (χ2n) is 4.16. The smallest absolute Gasteiger partial charge is 0.0770 e. The lowest BCUT2D eigenvalue weighted by Crippen LogP contribution is -2.25. The van der Waals surface area contributed by atoms with Crippen LogP contribution in [0.15, 0.2) is 33.3 Å². The van der Waals surface area contributed by atoms with E-state index in [1.807, 2.05) is 17.9 Å². The minimum absolute atomic E-state index is 0.122. The number of hydrogen-bond donors (Lipinski definition) is 1. The third kappa shape index (κ3) is 3.40. The van der Waals surface area contributed by atoms with E-state index in [-0.39, 0.29) is 6.04 Å². The van der Waals surface area contributed by atoms with Gasteiger partial charge in [-0.2, -0.15) is 5.10 Å². The predicted octanol–water partition coefficient (Wildman–Crippen LogP) is 4.25. The van der Waals surface area contributed by atoms with Gasteiger partial charge in [-0.3, -0.25) is 4.68 Å². The number of nitrogens with one attached hydrogen (secondary N) is 1. The summed E-state index contributed by atoms with van der Waals surface area (Å²) in [6.45, 7) is 3.01. The Morgan fingerprint density at radius 3 is 2.74 bits per heavy atom. The molecule has 0 aliphatic rings. The molecule has 102 valence electrons. The summed E-state index contributed by atoms with van der Waals surface area (Å²) in [5.74, 6) is 0. The lowest BCUT2D eigenvalue weighted by molar-refractivity contribution is 0.569. The maximum atomic E-state index is 4.31. The van der Waals surface area contributed by atoms with Gasteiger partial charge in [0.2, 0.25) is 0 Å². The topological polar surface area (TPSA) is 29.9 Å². The zero-order valence-electron chi connectivity index (χ0n) is 10.6. The van der Waals surface area contributed by atoms with E-state index in [0.29, 0.717) is 0 Å². The van der Waals surface area contributed by atoms with Crippen molar-refractivity contribution in [2.45, 2.75) is 13.0 Å². The molecule has 0 amide bonds. The van der Waals surface area contributed by atoms with Gasteiger partial charge in [0.05, 0.1) is 22.4 Å². The van der Waals surface area contributed by atoms with E-state index >= 15 is 0 Å². The summed E-state index contributed by atoms with van der Waals surface area (Å²) in [7, 11) is 1.97. The molecule has 0 saturated heterocycles. The molecular formula is C13H14Br2IN3. The first-order valence-electron chi connectivity index (χ1n) is 5.90. The molecule has 3 nitrogen and oxygen atoms in total. The van der Waals surface area contributed by atoms with E-state index in [1.165, 1.54) is 9.13 Å². The van der Waals surface area contributed by atoms with Crippen LogP contribution in [0.2, 0.25) is 0 Å². The van der Waals surface area contributed by atoms with Crippen LogP contribution in [-0.2, 0) is 7.05 Å². The van der Waals surface area contributed by atoms with Crippen LogP contribution < -0.4 is 5.32 Å². The third-order valence-corrected chi connectivity index (χ3v) is 4.97. The Balaban J connectivity index is 2.54. The number of benzene rings is 1. The highest BCUT2D eigenvalue weighted by molar-refractivity contribution is 14.1. The van der Waals surface area contributed by atoms with Gasteiger partial charge in [0, 0.05) is 15.1 Å². The van der Waals surface area contributed by atoms with Gasteiger partial charge in [-0.15, -0.1) is 0 Å². The van der Waals surface area contributed by atoms with Crippen LogP contribution in [0.5, 0.6) is 0 Å². The van der Waals surface area contributed by atoms with Crippen molar-refractivity contribution in [3.8, 4) is 0 Å². The van der Waals surface area contributed by atoms with Gasteiger partial charge in [-0.05, 0) is 68.8 Å². The van der Waals surface area contributed by atoms with Crippen molar-refractivity contribution in [2.24, 2.45) is 7.05 Å². The van der Waals surface area contributed by atoms with Crippen molar-refractivity contribution in [2.75, 3.05) is 6.54 Å². The quantitative estimate of drug-likeness (QED) is 0.639. The van der Waals surface area contributed by atoms with E-state index in [4.69, 9.17) is 0 Å². The van der Waals surface area contributed by atoms with E-state index in [9.17, 15) is 0 Å². The van der Waals surface area contributed by atoms with E-state index in [2.05, 4.69) is 90.0 Å². The third-order valence-electron chi connectivity index (χ3n) is 2.89. The minimum atomic E-state index is 0.122. The molecular weight excluding hydrogens is 485 g/mol. The van der Waals surface area contributed by atoms with Crippen LogP contribution in [0.25, 0.3) is 0 Å². The Kier molecular flexibility index (Phi) is 5.45. The summed E-state index contributed by atoms with van der Waals surface area (Å²) in [4.78, 5) is 0. The van der Waals surface area contributed by atoms with Gasteiger partial charge in [0.1, 0.15) is 0 Å². The van der Waals surface area contributed by atoms with Gasteiger partial charge < -0.3 is 5.32 Å².